The molecule has 1 aromatic carbocycles. The molecule has 0 amide bonds. The van der Waals surface area contributed by atoms with Gasteiger partial charge in [0.1, 0.15) is 5.82 Å². The maximum absolute atomic E-state index is 5.67. The molecule has 0 aliphatic rings. The number of aromatic nitrogens is 1. The zero-order chi connectivity index (χ0) is 11.4. The number of pyridine rings is 1. The Hall–Kier alpha value is -1.48. The maximum Gasteiger partial charge on any atom is 0.124 e. The Morgan fingerprint density at radius 3 is 2.75 bits per heavy atom. The van der Waals surface area contributed by atoms with Crippen LogP contribution >= 0.6 is 11.8 Å². The van der Waals surface area contributed by atoms with E-state index in [1.807, 2.05) is 18.3 Å². The van der Waals surface area contributed by atoms with Crippen LogP contribution in [0.2, 0.25) is 0 Å². The molecular weight excluding hydrogens is 216 g/mol. The van der Waals surface area contributed by atoms with Gasteiger partial charge in [-0.15, -0.1) is 11.8 Å². The Morgan fingerprint density at radius 1 is 1.25 bits per heavy atom. The highest BCUT2D eigenvalue weighted by Gasteiger charge is 2.01. The van der Waals surface area contributed by atoms with Gasteiger partial charge in [-0.2, -0.15) is 0 Å². The molecule has 0 aliphatic carbocycles. The summed E-state index contributed by atoms with van der Waals surface area (Å²) >= 11 is 1.79. The van der Waals surface area contributed by atoms with Crippen LogP contribution < -0.4 is 5.73 Å². The van der Waals surface area contributed by atoms with Gasteiger partial charge in [0.25, 0.3) is 0 Å². The molecule has 16 heavy (non-hydrogen) atoms. The first-order valence-corrected chi connectivity index (χ1v) is 6.13. The number of thioether (sulfide) groups is 1. The van der Waals surface area contributed by atoms with E-state index in [4.69, 9.17) is 5.73 Å². The van der Waals surface area contributed by atoms with Crippen LogP contribution in [0, 0.1) is 6.92 Å². The van der Waals surface area contributed by atoms with Crippen molar-refractivity contribution < 1.29 is 0 Å². The zero-order valence-corrected chi connectivity index (χ0v) is 10.00. The summed E-state index contributed by atoms with van der Waals surface area (Å²) < 4.78 is 0. The Balaban J connectivity index is 2.08. The van der Waals surface area contributed by atoms with Gasteiger partial charge < -0.3 is 5.73 Å². The Kier molecular flexibility index (Phi) is 3.47. The van der Waals surface area contributed by atoms with Crippen molar-refractivity contribution in [2.75, 3.05) is 5.73 Å². The topological polar surface area (TPSA) is 38.9 Å². The van der Waals surface area contributed by atoms with Crippen molar-refractivity contribution in [3.8, 4) is 0 Å². The fourth-order valence-electron chi connectivity index (χ4n) is 1.41. The molecule has 3 heteroatoms. The van der Waals surface area contributed by atoms with Crippen molar-refractivity contribution >= 4 is 17.6 Å². The predicted molar refractivity (Wildman–Crippen MR) is 69.4 cm³/mol. The van der Waals surface area contributed by atoms with Gasteiger partial charge >= 0.3 is 0 Å². The quantitative estimate of drug-likeness (QED) is 0.822. The molecule has 0 bridgehead atoms. The first-order chi connectivity index (χ1) is 7.75. The van der Waals surface area contributed by atoms with Crippen LogP contribution in [0.25, 0.3) is 0 Å². The Morgan fingerprint density at radius 2 is 2.00 bits per heavy atom. The van der Waals surface area contributed by atoms with Crippen molar-refractivity contribution in [1.82, 2.24) is 4.98 Å². The second-order valence-corrected chi connectivity index (χ2v) is 4.67. The number of hydrogen-bond donors (Lipinski definition) is 1. The number of nitrogens with two attached hydrogens (primary N) is 1. The third-order valence-corrected chi connectivity index (χ3v) is 3.54. The van der Waals surface area contributed by atoms with E-state index in [-0.39, 0.29) is 0 Å². The lowest BCUT2D eigenvalue weighted by atomic mass is 10.2. The normalized spacial score (nSPS) is 10.3. The average Bonchev–Trinajstić information content (AvgIpc) is 2.32. The van der Waals surface area contributed by atoms with E-state index in [1.165, 1.54) is 16.0 Å². The lowest BCUT2D eigenvalue weighted by Gasteiger charge is -2.05. The van der Waals surface area contributed by atoms with Crippen molar-refractivity contribution in [3.63, 3.8) is 0 Å². The van der Waals surface area contributed by atoms with Gasteiger partial charge in [0.15, 0.2) is 0 Å². The third kappa shape index (κ3) is 2.76. The molecule has 2 aromatic rings. The van der Waals surface area contributed by atoms with Crippen LogP contribution in [0.1, 0.15) is 11.1 Å². The summed E-state index contributed by atoms with van der Waals surface area (Å²) in [6, 6.07) is 12.3. The highest BCUT2D eigenvalue weighted by molar-refractivity contribution is 7.98. The molecule has 0 spiro atoms. The largest absolute Gasteiger partial charge is 0.384 e. The molecule has 2 rings (SSSR count). The van der Waals surface area contributed by atoms with E-state index < -0.39 is 0 Å². The van der Waals surface area contributed by atoms with E-state index in [1.54, 1.807) is 11.8 Å². The van der Waals surface area contributed by atoms with Crippen LogP contribution in [0.5, 0.6) is 0 Å². The van der Waals surface area contributed by atoms with Crippen LogP contribution in [0.15, 0.2) is 47.5 Å². The third-order valence-electron chi connectivity index (χ3n) is 2.31. The van der Waals surface area contributed by atoms with E-state index in [0.717, 1.165) is 5.75 Å². The molecule has 0 saturated carbocycles. The van der Waals surface area contributed by atoms with E-state index in [9.17, 15) is 0 Å². The fourth-order valence-corrected chi connectivity index (χ4v) is 2.41. The first-order valence-electron chi connectivity index (χ1n) is 5.14. The first kappa shape index (κ1) is 11.0. The van der Waals surface area contributed by atoms with Gasteiger partial charge in [-0.25, -0.2) is 4.98 Å². The number of hydrogen-bond acceptors (Lipinski definition) is 3. The number of benzene rings is 1. The minimum atomic E-state index is 0.584. The molecule has 0 saturated heterocycles. The molecule has 0 atom stereocenters. The summed E-state index contributed by atoms with van der Waals surface area (Å²) in [5, 5.41) is 0. The van der Waals surface area contributed by atoms with Gasteiger partial charge in [-0.05, 0) is 24.1 Å². The van der Waals surface area contributed by atoms with Gasteiger partial charge in [-0.3, -0.25) is 0 Å². The number of aryl methyl sites for hydroxylation is 1. The summed E-state index contributed by atoms with van der Waals surface area (Å²) in [5.74, 6) is 1.55. The highest BCUT2D eigenvalue weighted by Crippen LogP contribution is 2.26. The molecule has 0 aliphatic heterocycles. The molecule has 2 N–H and O–H groups in total. The summed E-state index contributed by atoms with van der Waals surface area (Å²) in [5.41, 5.74) is 8.17. The van der Waals surface area contributed by atoms with Gasteiger partial charge in [0, 0.05) is 16.8 Å². The summed E-state index contributed by atoms with van der Waals surface area (Å²) in [6.07, 6.45) is 1.82. The molecule has 0 radical (unpaired) electrons. The van der Waals surface area contributed by atoms with Crippen molar-refractivity contribution in [3.05, 3.63) is 53.7 Å². The second kappa shape index (κ2) is 5.03. The predicted octanol–water partition coefficient (Wildman–Crippen LogP) is 3.26. The van der Waals surface area contributed by atoms with Crippen LogP contribution in [-0.4, -0.2) is 4.98 Å². The number of nitrogens with zero attached hydrogens (tertiary/aromatic N) is 1. The van der Waals surface area contributed by atoms with Crippen LogP contribution in [0.3, 0.4) is 0 Å². The van der Waals surface area contributed by atoms with Gasteiger partial charge in [0.2, 0.25) is 0 Å². The average molecular weight is 230 g/mol. The Bertz CT molecular complexity index is 469. The molecule has 0 fully saturated rings. The second-order valence-electron chi connectivity index (χ2n) is 3.65. The maximum atomic E-state index is 5.67. The number of anilines is 1. The number of rotatable bonds is 3. The summed E-state index contributed by atoms with van der Waals surface area (Å²) in [6.45, 7) is 2.06. The minimum Gasteiger partial charge on any atom is -0.384 e. The Labute approximate surface area is 99.9 Å². The summed E-state index contributed by atoms with van der Waals surface area (Å²) in [7, 11) is 0. The van der Waals surface area contributed by atoms with Gasteiger partial charge in [-0.1, -0.05) is 30.3 Å². The highest BCUT2D eigenvalue weighted by atomic mass is 32.2. The monoisotopic (exact) mass is 230 g/mol. The molecule has 2 nitrogen and oxygen atoms in total. The molecule has 1 heterocycles. The summed E-state index contributed by atoms with van der Waals surface area (Å²) in [4.78, 5) is 5.26. The molecule has 82 valence electrons. The van der Waals surface area contributed by atoms with E-state index in [2.05, 4.69) is 36.2 Å². The molecule has 1 aromatic heterocycles. The standard InChI is InChI=1S/C13H14N2S/c1-10-8-15-13(14)7-12(10)16-9-11-5-3-2-4-6-11/h2-8H,9H2,1H3,(H2,14,15). The number of nitrogen functional groups attached to an aromatic ring is 1. The van der Waals surface area contributed by atoms with Crippen LogP contribution in [0.4, 0.5) is 5.82 Å². The van der Waals surface area contributed by atoms with Crippen molar-refractivity contribution in [1.29, 1.82) is 0 Å². The van der Waals surface area contributed by atoms with E-state index >= 15 is 0 Å². The van der Waals surface area contributed by atoms with Gasteiger partial charge in [0.05, 0.1) is 0 Å². The molecule has 0 unspecified atom stereocenters. The SMILES string of the molecule is Cc1cnc(N)cc1SCc1ccccc1. The minimum absolute atomic E-state index is 0.584. The lowest BCUT2D eigenvalue weighted by Crippen LogP contribution is -1.92. The van der Waals surface area contributed by atoms with Crippen molar-refractivity contribution in [2.24, 2.45) is 0 Å². The zero-order valence-electron chi connectivity index (χ0n) is 9.18. The molecular formula is C13H14N2S. The fraction of sp³-hybridized carbons (Fsp3) is 0.154. The smallest absolute Gasteiger partial charge is 0.124 e. The van der Waals surface area contributed by atoms with Crippen molar-refractivity contribution in [2.45, 2.75) is 17.6 Å². The van der Waals surface area contributed by atoms with Crippen LogP contribution in [-0.2, 0) is 5.75 Å². The van der Waals surface area contributed by atoms with E-state index in [0.29, 0.717) is 5.82 Å². The lowest BCUT2D eigenvalue weighted by molar-refractivity contribution is 1.19.